The summed E-state index contributed by atoms with van der Waals surface area (Å²) >= 11 is 1.43. The zero-order chi connectivity index (χ0) is 17.5. The third-order valence-electron chi connectivity index (χ3n) is 3.29. The fourth-order valence-electron chi connectivity index (χ4n) is 2.01. The lowest BCUT2D eigenvalue weighted by atomic mass is 10.2. The van der Waals surface area contributed by atoms with Crippen LogP contribution in [-0.2, 0) is 9.53 Å². The Kier molecular flexibility index (Phi) is 5.99. The van der Waals surface area contributed by atoms with Crippen molar-refractivity contribution in [2.24, 2.45) is 0 Å². The Labute approximate surface area is 144 Å². The summed E-state index contributed by atoms with van der Waals surface area (Å²) in [7, 11) is 0. The number of hydrogen-bond donors (Lipinski definition) is 1. The zero-order valence-corrected chi connectivity index (χ0v) is 14.1. The normalized spacial score (nSPS) is 11.2. The van der Waals surface area contributed by atoms with Crippen LogP contribution in [0.15, 0.2) is 53.4 Å². The fraction of sp³-hybridized carbons (Fsp3) is 0.167. The summed E-state index contributed by atoms with van der Waals surface area (Å²) in [5, 5.41) is 11.6. The molecule has 0 unspecified atom stereocenters. The highest BCUT2D eigenvalue weighted by atomic mass is 32.2. The first-order valence-corrected chi connectivity index (χ1v) is 8.43. The van der Waals surface area contributed by atoms with E-state index in [1.54, 1.807) is 36.4 Å². The number of nitriles is 1. The van der Waals surface area contributed by atoms with Crippen molar-refractivity contribution in [3.8, 4) is 6.07 Å². The van der Waals surface area contributed by atoms with E-state index < -0.39 is 18.0 Å². The van der Waals surface area contributed by atoms with Crippen molar-refractivity contribution < 1.29 is 14.3 Å². The molecule has 0 aliphatic rings. The molecular formula is C18H16N2O3S. The van der Waals surface area contributed by atoms with E-state index in [4.69, 9.17) is 10.00 Å². The predicted molar refractivity (Wildman–Crippen MR) is 92.9 cm³/mol. The van der Waals surface area contributed by atoms with Crippen LogP contribution in [-0.4, -0.2) is 24.2 Å². The number of amides is 1. The van der Waals surface area contributed by atoms with Crippen LogP contribution in [0.1, 0.15) is 22.8 Å². The Morgan fingerprint density at radius 1 is 1.17 bits per heavy atom. The molecule has 5 nitrogen and oxygen atoms in total. The molecule has 1 amide bonds. The molecule has 0 aliphatic heterocycles. The van der Waals surface area contributed by atoms with Gasteiger partial charge in [-0.3, -0.25) is 4.79 Å². The van der Waals surface area contributed by atoms with Gasteiger partial charge in [-0.25, -0.2) is 4.79 Å². The summed E-state index contributed by atoms with van der Waals surface area (Å²) in [6.45, 7) is 1.49. The maximum absolute atomic E-state index is 12.2. The standard InChI is InChI=1S/C18H16N2O3S/c1-12(17(21)20-15-9-5-3-7-13(15)11-19)23-18(22)14-8-4-6-10-16(14)24-2/h3-10,12H,1-2H3,(H,20,21)/t12-/m1/s1. The lowest BCUT2D eigenvalue weighted by Gasteiger charge is -2.15. The quantitative estimate of drug-likeness (QED) is 0.666. The van der Waals surface area contributed by atoms with E-state index in [9.17, 15) is 9.59 Å². The van der Waals surface area contributed by atoms with Gasteiger partial charge in [-0.2, -0.15) is 5.26 Å². The SMILES string of the molecule is CSc1ccccc1C(=O)O[C@H](C)C(=O)Nc1ccccc1C#N. The van der Waals surface area contributed by atoms with Gasteiger partial charge < -0.3 is 10.1 Å². The first-order chi connectivity index (χ1) is 11.6. The highest BCUT2D eigenvalue weighted by molar-refractivity contribution is 7.98. The number of anilines is 1. The highest BCUT2D eigenvalue weighted by Crippen LogP contribution is 2.21. The van der Waals surface area contributed by atoms with E-state index in [-0.39, 0.29) is 0 Å². The van der Waals surface area contributed by atoms with E-state index in [0.29, 0.717) is 16.8 Å². The average molecular weight is 340 g/mol. The number of para-hydroxylation sites is 1. The lowest BCUT2D eigenvalue weighted by Crippen LogP contribution is -2.30. The van der Waals surface area contributed by atoms with Crippen LogP contribution in [0.3, 0.4) is 0 Å². The second-order valence-corrected chi connectivity index (χ2v) is 5.74. The van der Waals surface area contributed by atoms with E-state index in [0.717, 1.165) is 4.90 Å². The summed E-state index contributed by atoms with van der Waals surface area (Å²) < 4.78 is 5.24. The van der Waals surface area contributed by atoms with Crippen LogP contribution in [0.5, 0.6) is 0 Å². The molecule has 24 heavy (non-hydrogen) atoms. The second kappa shape index (κ2) is 8.18. The molecule has 0 aromatic heterocycles. The molecule has 0 spiro atoms. The summed E-state index contributed by atoms with van der Waals surface area (Å²) in [6, 6.07) is 15.7. The minimum Gasteiger partial charge on any atom is -0.449 e. The number of nitrogens with zero attached hydrogens (tertiary/aromatic N) is 1. The Bertz CT molecular complexity index is 799. The Balaban J connectivity index is 2.06. The van der Waals surface area contributed by atoms with E-state index in [1.807, 2.05) is 24.5 Å². The summed E-state index contributed by atoms with van der Waals surface area (Å²) in [4.78, 5) is 25.2. The third kappa shape index (κ3) is 4.15. The second-order valence-electron chi connectivity index (χ2n) is 4.89. The van der Waals surface area contributed by atoms with Gasteiger partial charge in [0.25, 0.3) is 5.91 Å². The van der Waals surface area contributed by atoms with Gasteiger partial charge in [0.05, 0.1) is 16.8 Å². The number of benzene rings is 2. The highest BCUT2D eigenvalue weighted by Gasteiger charge is 2.21. The lowest BCUT2D eigenvalue weighted by molar-refractivity contribution is -0.123. The minimum atomic E-state index is -0.987. The van der Waals surface area contributed by atoms with Gasteiger partial charge in [-0.05, 0) is 37.4 Å². The number of thioether (sulfide) groups is 1. The number of carbonyl (C=O) groups excluding carboxylic acids is 2. The molecule has 0 fully saturated rings. The van der Waals surface area contributed by atoms with E-state index >= 15 is 0 Å². The Morgan fingerprint density at radius 2 is 1.83 bits per heavy atom. The molecule has 0 saturated heterocycles. The number of hydrogen-bond acceptors (Lipinski definition) is 5. The van der Waals surface area contributed by atoms with Crippen LogP contribution >= 0.6 is 11.8 Å². The van der Waals surface area contributed by atoms with E-state index in [2.05, 4.69) is 5.32 Å². The van der Waals surface area contributed by atoms with Gasteiger partial charge in [0, 0.05) is 4.90 Å². The van der Waals surface area contributed by atoms with Gasteiger partial charge in [-0.15, -0.1) is 11.8 Å². The predicted octanol–water partition coefficient (Wildman–Crippen LogP) is 3.46. The van der Waals surface area contributed by atoms with Crippen molar-refractivity contribution in [1.82, 2.24) is 0 Å². The Morgan fingerprint density at radius 3 is 2.54 bits per heavy atom. The monoisotopic (exact) mass is 340 g/mol. The number of rotatable bonds is 5. The Hall–Kier alpha value is -2.78. The van der Waals surface area contributed by atoms with E-state index in [1.165, 1.54) is 18.7 Å². The minimum absolute atomic E-state index is 0.345. The average Bonchev–Trinajstić information content (AvgIpc) is 2.61. The van der Waals surface area contributed by atoms with Crippen molar-refractivity contribution in [2.45, 2.75) is 17.9 Å². The van der Waals surface area contributed by atoms with Gasteiger partial charge in [0.2, 0.25) is 0 Å². The first-order valence-electron chi connectivity index (χ1n) is 7.20. The summed E-state index contributed by atoms with van der Waals surface area (Å²) in [5.41, 5.74) is 1.15. The molecule has 122 valence electrons. The molecule has 2 aromatic carbocycles. The number of carbonyl (C=O) groups is 2. The molecule has 6 heteroatoms. The van der Waals surface area contributed by atoms with Gasteiger partial charge in [-0.1, -0.05) is 24.3 Å². The van der Waals surface area contributed by atoms with Crippen molar-refractivity contribution in [2.75, 3.05) is 11.6 Å². The van der Waals surface area contributed by atoms with Crippen LogP contribution in [0.2, 0.25) is 0 Å². The topological polar surface area (TPSA) is 79.2 Å². The molecule has 0 saturated carbocycles. The number of nitrogens with one attached hydrogen (secondary N) is 1. The number of ether oxygens (including phenoxy) is 1. The molecule has 2 aromatic rings. The van der Waals surface area contributed by atoms with Gasteiger partial charge in [0.1, 0.15) is 6.07 Å². The molecule has 0 aliphatic carbocycles. The third-order valence-corrected chi connectivity index (χ3v) is 4.08. The molecule has 1 atom stereocenters. The zero-order valence-electron chi connectivity index (χ0n) is 13.3. The molecule has 0 heterocycles. The maximum atomic E-state index is 12.2. The fourth-order valence-corrected chi connectivity index (χ4v) is 2.60. The van der Waals surface area contributed by atoms with Crippen LogP contribution in [0, 0.1) is 11.3 Å². The maximum Gasteiger partial charge on any atom is 0.340 e. The molecule has 2 rings (SSSR count). The van der Waals surface area contributed by atoms with Gasteiger partial charge in [0.15, 0.2) is 6.10 Å². The van der Waals surface area contributed by atoms with Crippen LogP contribution in [0.4, 0.5) is 5.69 Å². The molecule has 1 N–H and O–H groups in total. The largest absolute Gasteiger partial charge is 0.449 e. The molecule has 0 bridgehead atoms. The van der Waals surface area contributed by atoms with Crippen molar-refractivity contribution in [1.29, 1.82) is 5.26 Å². The summed E-state index contributed by atoms with van der Waals surface area (Å²) in [6.07, 6.45) is 0.875. The van der Waals surface area contributed by atoms with Crippen LogP contribution in [0.25, 0.3) is 0 Å². The molecular weight excluding hydrogens is 324 g/mol. The number of esters is 1. The summed E-state index contributed by atoms with van der Waals surface area (Å²) in [5.74, 6) is -1.05. The van der Waals surface area contributed by atoms with Crippen LogP contribution < -0.4 is 5.32 Å². The van der Waals surface area contributed by atoms with Crippen molar-refractivity contribution in [3.05, 3.63) is 59.7 Å². The van der Waals surface area contributed by atoms with Crippen molar-refractivity contribution in [3.63, 3.8) is 0 Å². The smallest absolute Gasteiger partial charge is 0.340 e. The van der Waals surface area contributed by atoms with Gasteiger partial charge >= 0.3 is 5.97 Å². The first kappa shape index (κ1) is 17.6. The molecule has 0 radical (unpaired) electrons. The van der Waals surface area contributed by atoms with Crippen molar-refractivity contribution >= 4 is 29.3 Å².